The summed E-state index contributed by atoms with van der Waals surface area (Å²) in [7, 11) is 1.87. The van der Waals surface area contributed by atoms with Crippen molar-refractivity contribution in [1.82, 2.24) is 15.1 Å². The van der Waals surface area contributed by atoms with Crippen LogP contribution in [0.2, 0.25) is 0 Å². The summed E-state index contributed by atoms with van der Waals surface area (Å²) in [5, 5.41) is 3.70. The van der Waals surface area contributed by atoms with Crippen LogP contribution in [0, 0.1) is 5.92 Å². The van der Waals surface area contributed by atoms with Gasteiger partial charge in [0.25, 0.3) is 0 Å². The van der Waals surface area contributed by atoms with E-state index in [-0.39, 0.29) is 35.9 Å². The van der Waals surface area contributed by atoms with E-state index >= 15 is 0 Å². The van der Waals surface area contributed by atoms with E-state index in [0.717, 1.165) is 38.4 Å². The van der Waals surface area contributed by atoms with E-state index in [4.69, 9.17) is 4.74 Å². The number of piperidine rings is 1. The number of hydrogen-bond acceptors (Lipinski definition) is 5. The normalized spacial score (nSPS) is 23.9. The number of nitrogens with zero attached hydrogens (tertiary/aromatic N) is 3. The van der Waals surface area contributed by atoms with E-state index in [2.05, 4.69) is 31.9 Å². The summed E-state index contributed by atoms with van der Waals surface area (Å²) in [6.45, 7) is 7.51. The Balaban J connectivity index is 0.00000280. The molecule has 0 aromatic rings. The molecule has 3 aliphatic rings. The van der Waals surface area contributed by atoms with Gasteiger partial charge in [0.2, 0.25) is 0 Å². The van der Waals surface area contributed by atoms with Crippen LogP contribution in [0.1, 0.15) is 45.4 Å². The molecule has 0 aromatic heterocycles. The van der Waals surface area contributed by atoms with E-state index in [1.54, 1.807) is 0 Å². The molecular weight excluding hydrogens is 487 g/mol. The van der Waals surface area contributed by atoms with E-state index in [9.17, 15) is 4.79 Å². The van der Waals surface area contributed by atoms with E-state index in [1.807, 2.05) is 14.0 Å². The minimum Gasteiger partial charge on any atom is -0.466 e. The van der Waals surface area contributed by atoms with E-state index in [0.29, 0.717) is 12.1 Å². The average Bonchev–Trinajstić information content (AvgIpc) is 3.20. The fourth-order valence-corrected chi connectivity index (χ4v) is 5.74. The summed E-state index contributed by atoms with van der Waals surface area (Å²) < 4.78 is 5.19. The van der Waals surface area contributed by atoms with Gasteiger partial charge >= 0.3 is 5.97 Å². The Kier molecular flexibility index (Phi) is 10.2. The van der Waals surface area contributed by atoms with Crippen LogP contribution in [0.15, 0.2) is 4.99 Å². The van der Waals surface area contributed by atoms with Gasteiger partial charge < -0.3 is 15.0 Å². The van der Waals surface area contributed by atoms with Crippen LogP contribution in [-0.4, -0.2) is 85.2 Å². The number of thioether (sulfide) groups is 1. The van der Waals surface area contributed by atoms with Crippen LogP contribution in [0.4, 0.5) is 0 Å². The van der Waals surface area contributed by atoms with Crippen molar-refractivity contribution in [2.45, 2.75) is 51.0 Å². The van der Waals surface area contributed by atoms with Crippen LogP contribution in [0.3, 0.4) is 0 Å². The van der Waals surface area contributed by atoms with Crippen LogP contribution in [-0.2, 0) is 9.53 Å². The van der Waals surface area contributed by atoms with Crippen LogP contribution >= 0.6 is 35.7 Å². The molecule has 1 saturated carbocycles. The number of likely N-dealkylation sites (tertiary alicyclic amines) is 1. The van der Waals surface area contributed by atoms with Gasteiger partial charge in [0.1, 0.15) is 0 Å². The fraction of sp³-hybridized carbons (Fsp3) is 0.900. The van der Waals surface area contributed by atoms with Crippen LogP contribution < -0.4 is 5.32 Å². The highest BCUT2D eigenvalue weighted by Crippen LogP contribution is 2.36. The van der Waals surface area contributed by atoms with Crippen LogP contribution in [0.25, 0.3) is 0 Å². The number of guanidine groups is 1. The van der Waals surface area contributed by atoms with Gasteiger partial charge in [-0.2, -0.15) is 11.8 Å². The minimum atomic E-state index is -0.0343. The Morgan fingerprint density at radius 3 is 2.39 bits per heavy atom. The molecule has 2 aliphatic heterocycles. The molecule has 1 aliphatic carbocycles. The van der Waals surface area contributed by atoms with Gasteiger partial charge in [-0.1, -0.05) is 12.8 Å². The monoisotopic (exact) mass is 524 g/mol. The zero-order chi connectivity index (χ0) is 19.1. The van der Waals surface area contributed by atoms with Crippen molar-refractivity contribution in [3.63, 3.8) is 0 Å². The lowest BCUT2D eigenvalue weighted by Crippen LogP contribution is -2.58. The summed E-state index contributed by atoms with van der Waals surface area (Å²) in [5.74, 6) is 3.53. The summed E-state index contributed by atoms with van der Waals surface area (Å²) in [5.41, 5.74) is 0.306. The highest BCUT2D eigenvalue weighted by atomic mass is 127. The number of rotatable bonds is 5. The number of carbonyl (C=O) groups excluding carboxylic acids is 1. The Hall–Kier alpha value is -0.220. The summed E-state index contributed by atoms with van der Waals surface area (Å²) in [6, 6.07) is 0. The molecule has 0 spiro atoms. The summed E-state index contributed by atoms with van der Waals surface area (Å²) >= 11 is 2.08. The number of nitrogens with one attached hydrogen (secondary N) is 1. The fourth-order valence-electron chi connectivity index (χ4n) is 4.84. The second-order valence-electron chi connectivity index (χ2n) is 7.95. The lowest BCUT2D eigenvalue weighted by atomic mass is 9.94. The standard InChI is InChI=1S/C20H36N4O2S.HI/c1-3-26-18(25)17-6-10-23(11-7-17)19(21-2)22-16-20(8-4-5-9-20)24-12-14-27-15-13-24;/h17H,3-16H2,1-2H3,(H,21,22);1H. The Morgan fingerprint density at radius 2 is 1.82 bits per heavy atom. The summed E-state index contributed by atoms with van der Waals surface area (Å²) in [6.07, 6.45) is 6.99. The molecule has 0 unspecified atom stereocenters. The third-order valence-electron chi connectivity index (χ3n) is 6.42. The molecule has 3 fully saturated rings. The van der Waals surface area contributed by atoms with E-state index < -0.39 is 0 Å². The molecule has 0 atom stereocenters. The van der Waals surface area contributed by atoms with Gasteiger partial charge in [-0.05, 0) is 32.6 Å². The van der Waals surface area contributed by atoms with Crippen molar-refractivity contribution in [1.29, 1.82) is 0 Å². The summed E-state index contributed by atoms with van der Waals surface area (Å²) in [4.78, 5) is 21.6. The molecule has 3 rings (SSSR count). The quantitative estimate of drug-likeness (QED) is 0.259. The van der Waals surface area contributed by atoms with Crippen molar-refractivity contribution in [3.05, 3.63) is 0 Å². The van der Waals surface area contributed by atoms with Gasteiger partial charge in [-0.3, -0.25) is 14.7 Å². The number of esters is 1. The maximum atomic E-state index is 12.0. The smallest absolute Gasteiger partial charge is 0.309 e. The van der Waals surface area contributed by atoms with Crippen molar-refractivity contribution < 1.29 is 9.53 Å². The SMILES string of the molecule is CCOC(=O)C1CCN(C(=NC)NCC2(N3CCSCC3)CCCC2)CC1.I. The topological polar surface area (TPSA) is 57.2 Å². The molecule has 28 heavy (non-hydrogen) atoms. The van der Waals surface area contributed by atoms with Crippen molar-refractivity contribution >= 4 is 47.7 Å². The third-order valence-corrected chi connectivity index (χ3v) is 7.36. The highest BCUT2D eigenvalue weighted by Gasteiger charge is 2.40. The van der Waals surface area contributed by atoms with Gasteiger partial charge in [0.15, 0.2) is 5.96 Å². The number of aliphatic imine (C=N–C) groups is 1. The third kappa shape index (κ3) is 5.90. The van der Waals surface area contributed by atoms with Crippen molar-refractivity contribution in [2.75, 3.05) is 57.9 Å². The zero-order valence-corrected chi connectivity index (χ0v) is 20.6. The van der Waals surface area contributed by atoms with E-state index in [1.165, 1.54) is 50.3 Å². The largest absolute Gasteiger partial charge is 0.466 e. The lowest BCUT2D eigenvalue weighted by Gasteiger charge is -2.44. The maximum absolute atomic E-state index is 12.0. The van der Waals surface area contributed by atoms with Gasteiger partial charge in [0, 0.05) is 56.8 Å². The molecule has 162 valence electrons. The van der Waals surface area contributed by atoms with Gasteiger partial charge in [-0.25, -0.2) is 0 Å². The second kappa shape index (κ2) is 11.8. The van der Waals surface area contributed by atoms with Gasteiger partial charge in [-0.15, -0.1) is 24.0 Å². The Bertz CT molecular complexity index is 514. The molecule has 0 radical (unpaired) electrons. The molecule has 6 nitrogen and oxygen atoms in total. The first kappa shape index (κ1) is 24.1. The second-order valence-corrected chi connectivity index (χ2v) is 9.17. The van der Waals surface area contributed by atoms with Crippen LogP contribution in [0.5, 0.6) is 0 Å². The predicted molar refractivity (Wildman–Crippen MR) is 128 cm³/mol. The zero-order valence-electron chi connectivity index (χ0n) is 17.5. The predicted octanol–water partition coefficient (Wildman–Crippen LogP) is 2.82. The molecule has 2 saturated heterocycles. The maximum Gasteiger partial charge on any atom is 0.309 e. The molecule has 8 heteroatoms. The Morgan fingerprint density at radius 1 is 1.18 bits per heavy atom. The molecule has 0 amide bonds. The number of hydrogen-bond donors (Lipinski definition) is 1. The Labute approximate surface area is 191 Å². The first-order valence-electron chi connectivity index (χ1n) is 10.6. The van der Waals surface area contributed by atoms with Gasteiger partial charge in [0.05, 0.1) is 12.5 Å². The first-order valence-corrected chi connectivity index (χ1v) is 11.8. The molecule has 0 bridgehead atoms. The van der Waals surface area contributed by atoms with Crippen molar-refractivity contribution in [2.24, 2.45) is 10.9 Å². The highest BCUT2D eigenvalue weighted by molar-refractivity contribution is 14.0. The molecule has 0 aromatic carbocycles. The average molecular weight is 525 g/mol. The number of carbonyl (C=O) groups is 1. The minimum absolute atomic E-state index is 0. The molecule has 1 N–H and O–H groups in total. The number of halogens is 1. The van der Waals surface area contributed by atoms with Crippen molar-refractivity contribution in [3.8, 4) is 0 Å². The lowest BCUT2D eigenvalue weighted by molar-refractivity contribution is -0.149. The molecule has 2 heterocycles. The molecular formula is C20H37IN4O2S. The first-order chi connectivity index (χ1) is 13.2. The number of ether oxygens (including phenoxy) is 1.